The lowest BCUT2D eigenvalue weighted by Crippen LogP contribution is -2.60. The lowest BCUT2D eigenvalue weighted by atomic mass is 9.98. The third-order valence-electron chi connectivity index (χ3n) is 9.32. The molecular weight excluding hydrogens is 618 g/mol. The maximum Gasteiger partial charge on any atom is 0.249 e. The Labute approximate surface area is 290 Å². The molecule has 0 aromatic rings. The van der Waals surface area contributed by atoms with Crippen LogP contribution < -0.4 is 5.32 Å². The van der Waals surface area contributed by atoms with Gasteiger partial charge in [-0.15, -0.1) is 0 Å². The molecule has 0 spiro atoms. The van der Waals surface area contributed by atoms with Crippen molar-refractivity contribution < 1.29 is 50.0 Å². The zero-order chi connectivity index (χ0) is 35.6. The highest BCUT2D eigenvalue weighted by molar-refractivity contribution is 5.80. The molecular formula is C37H71NO10. The predicted octanol–water partition coefficient (Wildman–Crippen LogP) is 4.16. The first-order valence-corrected chi connectivity index (χ1v) is 19.1. The molecule has 0 aromatic carbocycles. The van der Waals surface area contributed by atoms with Gasteiger partial charge < -0.3 is 50.5 Å². The number of unbranched alkanes of at least 4 members (excludes halogenated alkanes) is 16. The minimum Gasteiger partial charge on any atom is -0.394 e. The molecule has 1 amide bonds. The molecule has 0 radical (unpaired) electrons. The molecule has 11 nitrogen and oxygen atoms in total. The molecule has 0 bridgehead atoms. The summed E-state index contributed by atoms with van der Waals surface area (Å²) in [6.45, 7) is 3.32. The Balaban J connectivity index is 2.57. The van der Waals surface area contributed by atoms with Crippen LogP contribution in [0.3, 0.4) is 0 Å². The van der Waals surface area contributed by atoms with Crippen LogP contribution in [-0.4, -0.2) is 110 Å². The molecule has 1 rings (SSSR count). The number of carbonyl (C=O) groups is 1. The van der Waals surface area contributed by atoms with Gasteiger partial charge in [-0.2, -0.15) is 0 Å². The van der Waals surface area contributed by atoms with Crippen LogP contribution in [-0.2, 0) is 14.3 Å². The van der Waals surface area contributed by atoms with Crippen molar-refractivity contribution in [2.24, 2.45) is 0 Å². The molecule has 1 heterocycles. The van der Waals surface area contributed by atoms with Crippen molar-refractivity contribution in [2.75, 3.05) is 13.2 Å². The molecule has 1 fully saturated rings. The van der Waals surface area contributed by atoms with Gasteiger partial charge in [-0.05, 0) is 38.5 Å². The van der Waals surface area contributed by atoms with Crippen LogP contribution in [0.2, 0.25) is 0 Å². The molecule has 48 heavy (non-hydrogen) atoms. The Hall–Kier alpha value is -1.15. The van der Waals surface area contributed by atoms with E-state index < -0.39 is 74.2 Å². The van der Waals surface area contributed by atoms with Crippen molar-refractivity contribution in [3.63, 3.8) is 0 Å². The maximum absolute atomic E-state index is 12.9. The molecule has 1 aliphatic rings. The molecule has 0 aromatic heterocycles. The minimum atomic E-state index is -1.66. The van der Waals surface area contributed by atoms with E-state index >= 15 is 0 Å². The molecule has 11 heteroatoms. The van der Waals surface area contributed by atoms with E-state index in [2.05, 4.69) is 31.3 Å². The highest BCUT2D eigenvalue weighted by Gasteiger charge is 2.44. The molecule has 8 N–H and O–H groups in total. The van der Waals surface area contributed by atoms with Crippen molar-refractivity contribution in [3.05, 3.63) is 12.2 Å². The SMILES string of the molecule is CCCCC/C=C/CCCC(O)C(O)C(COC1OC(CO)C(O)C(O)C1O)NC(=O)C(O)CCCCCCCCCCCCCCC. The van der Waals surface area contributed by atoms with Crippen molar-refractivity contribution in [1.29, 1.82) is 0 Å². The van der Waals surface area contributed by atoms with Gasteiger partial charge in [0.25, 0.3) is 0 Å². The monoisotopic (exact) mass is 690 g/mol. The van der Waals surface area contributed by atoms with Gasteiger partial charge in [0.05, 0.1) is 25.4 Å². The fourth-order valence-corrected chi connectivity index (χ4v) is 6.03. The van der Waals surface area contributed by atoms with E-state index in [4.69, 9.17) is 9.47 Å². The summed E-state index contributed by atoms with van der Waals surface area (Å²) in [5.74, 6) is -0.711. The van der Waals surface area contributed by atoms with Gasteiger partial charge in [0, 0.05) is 0 Å². The normalized spacial score (nSPS) is 24.1. The molecule has 0 saturated carbocycles. The fourth-order valence-electron chi connectivity index (χ4n) is 6.03. The van der Waals surface area contributed by atoms with Crippen LogP contribution in [0.25, 0.3) is 0 Å². The second kappa shape index (κ2) is 28.5. The number of hydrogen-bond donors (Lipinski definition) is 8. The van der Waals surface area contributed by atoms with E-state index in [9.17, 15) is 40.5 Å². The summed E-state index contributed by atoms with van der Waals surface area (Å²) >= 11 is 0. The second-order valence-corrected chi connectivity index (χ2v) is 13.6. The lowest BCUT2D eigenvalue weighted by Gasteiger charge is -2.40. The minimum absolute atomic E-state index is 0.257. The Bertz CT molecular complexity index is 800. The summed E-state index contributed by atoms with van der Waals surface area (Å²) in [5, 5.41) is 74.9. The van der Waals surface area contributed by atoms with Crippen LogP contribution in [0.5, 0.6) is 0 Å². The van der Waals surface area contributed by atoms with Gasteiger partial charge in [0.1, 0.15) is 36.6 Å². The molecule has 9 unspecified atom stereocenters. The first-order chi connectivity index (χ1) is 23.2. The van der Waals surface area contributed by atoms with E-state index in [0.717, 1.165) is 44.9 Å². The van der Waals surface area contributed by atoms with Gasteiger partial charge in [0.2, 0.25) is 5.91 Å². The number of carbonyl (C=O) groups excluding carboxylic acids is 1. The highest BCUT2D eigenvalue weighted by atomic mass is 16.7. The summed E-state index contributed by atoms with van der Waals surface area (Å²) in [6.07, 6.45) is 14.4. The van der Waals surface area contributed by atoms with Crippen molar-refractivity contribution in [2.45, 2.75) is 204 Å². The summed E-state index contributed by atoms with van der Waals surface area (Å²) in [4.78, 5) is 12.9. The summed E-state index contributed by atoms with van der Waals surface area (Å²) in [5.41, 5.74) is 0. The number of aliphatic hydroxyl groups is 7. The standard InChI is InChI=1S/C37H71NO10/c1-3-5-7-9-11-13-14-15-16-17-19-21-23-25-30(41)36(46)38-28(27-47-37-35(45)34(44)33(43)31(26-39)48-37)32(42)29(40)24-22-20-18-12-10-8-6-4-2/h12,18,28-35,37,39-45H,3-11,13-17,19-27H2,1-2H3,(H,38,46)/b18-12+. The average Bonchev–Trinajstić information content (AvgIpc) is 3.08. The molecule has 0 aliphatic carbocycles. The van der Waals surface area contributed by atoms with E-state index in [1.807, 2.05) is 0 Å². The number of ether oxygens (including phenoxy) is 2. The predicted molar refractivity (Wildman–Crippen MR) is 187 cm³/mol. The molecule has 1 saturated heterocycles. The highest BCUT2D eigenvalue weighted by Crippen LogP contribution is 2.23. The quantitative estimate of drug-likeness (QED) is 0.0402. The van der Waals surface area contributed by atoms with Crippen LogP contribution >= 0.6 is 0 Å². The first-order valence-electron chi connectivity index (χ1n) is 19.1. The average molecular weight is 690 g/mol. The number of hydrogen-bond acceptors (Lipinski definition) is 10. The number of aliphatic hydroxyl groups excluding tert-OH is 7. The van der Waals surface area contributed by atoms with E-state index in [1.54, 1.807) is 0 Å². The van der Waals surface area contributed by atoms with Crippen molar-refractivity contribution >= 4 is 5.91 Å². The smallest absolute Gasteiger partial charge is 0.249 e. The number of nitrogens with one attached hydrogen (secondary N) is 1. The Morgan fingerprint density at radius 3 is 1.79 bits per heavy atom. The van der Waals surface area contributed by atoms with Gasteiger partial charge in [-0.25, -0.2) is 0 Å². The lowest BCUT2D eigenvalue weighted by molar-refractivity contribution is -0.303. The van der Waals surface area contributed by atoms with Gasteiger partial charge >= 0.3 is 0 Å². The molecule has 9 atom stereocenters. The number of rotatable bonds is 30. The largest absolute Gasteiger partial charge is 0.394 e. The van der Waals surface area contributed by atoms with Crippen LogP contribution in [0.4, 0.5) is 0 Å². The van der Waals surface area contributed by atoms with Crippen molar-refractivity contribution in [1.82, 2.24) is 5.32 Å². The van der Waals surface area contributed by atoms with Crippen LogP contribution in [0.1, 0.15) is 149 Å². The summed E-state index contributed by atoms with van der Waals surface area (Å²) in [6, 6.07) is -1.18. The number of allylic oxidation sites excluding steroid dienone is 2. The second-order valence-electron chi connectivity index (χ2n) is 13.6. The van der Waals surface area contributed by atoms with Crippen LogP contribution in [0.15, 0.2) is 12.2 Å². The Morgan fingerprint density at radius 1 is 0.708 bits per heavy atom. The van der Waals surface area contributed by atoms with Gasteiger partial charge in [0.15, 0.2) is 6.29 Å². The maximum atomic E-state index is 12.9. The van der Waals surface area contributed by atoms with E-state index in [1.165, 1.54) is 64.2 Å². The molecule has 284 valence electrons. The zero-order valence-corrected chi connectivity index (χ0v) is 30.0. The summed E-state index contributed by atoms with van der Waals surface area (Å²) in [7, 11) is 0. The van der Waals surface area contributed by atoms with E-state index in [-0.39, 0.29) is 12.8 Å². The first kappa shape index (κ1) is 44.9. The molecule has 1 aliphatic heterocycles. The third kappa shape index (κ3) is 19.3. The fraction of sp³-hybridized carbons (Fsp3) is 0.919. The van der Waals surface area contributed by atoms with Crippen LogP contribution in [0, 0.1) is 0 Å². The zero-order valence-electron chi connectivity index (χ0n) is 30.0. The van der Waals surface area contributed by atoms with E-state index in [0.29, 0.717) is 12.8 Å². The Kier molecular flexibility index (Phi) is 26.7. The third-order valence-corrected chi connectivity index (χ3v) is 9.32. The van der Waals surface area contributed by atoms with Gasteiger partial charge in [-0.1, -0.05) is 122 Å². The summed E-state index contributed by atoms with van der Waals surface area (Å²) < 4.78 is 11.0. The van der Waals surface area contributed by atoms with Crippen molar-refractivity contribution in [3.8, 4) is 0 Å². The number of amides is 1. The van der Waals surface area contributed by atoms with Gasteiger partial charge in [-0.3, -0.25) is 4.79 Å². The Morgan fingerprint density at radius 2 is 1.23 bits per heavy atom. The topological polar surface area (TPSA) is 189 Å².